The van der Waals surface area contributed by atoms with E-state index in [2.05, 4.69) is 38.8 Å². The van der Waals surface area contributed by atoms with Gasteiger partial charge in [0, 0.05) is 37.3 Å². The fraction of sp³-hybridized carbons (Fsp3) is 0.344. The smallest absolute Gasteiger partial charge is 0.178 e. The Morgan fingerprint density at radius 1 is 0.905 bits per heavy atom. The molecule has 6 rings (SSSR count). The molecule has 0 N–H and O–H groups in total. The number of pyridine rings is 1. The summed E-state index contributed by atoms with van der Waals surface area (Å²) >= 11 is 0. The van der Waals surface area contributed by atoms with Gasteiger partial charge in [0.1, 0.15) is 23.9 Å². The van der Waals surface area contributed by atoms with Crippen molar-refractivity contribution < 1.29 is 17.9 Å². The highest BCUT2D eigenvalue weighted by Crippen LogP contribution is 2.39. The molecule has 1 fully saturated rings. The van der Waals surface area contributed by atoms with Gasteiger partial charge < -0.3 is 19.4 Å². The predicted molar refractivity (Wildman–Crippen MR) is 156 cm³/mol. The molecule has 0 radical (unpaired) electrons. The van der Waals surface area contributed by atoms with Gasteiger partial charge in [0.05, 0.1) is 36.4 Å². The average Bonchev–Trinajstić information content (AvgIpc) is 2.99. The lowest BCUT2D eigenvalue weighted by atomic mass is 10.0. The van der Waals surface area contributed by atoms with Crippen LogP contribution in [0.25, 0.3) is 11.3 Å². The van der Waals surface area contributed by atoms with Crippen molar-refractivity contribution in [2.24, 2.45) is 0 Å². The van der Waals surface area contributed by atoms with Gasteiger partial charge in [-0.1, -0.05) is 12.1 Å². The van der Waals surface area contributed by atoms with E-state index in [-0.39, 0.29) is 29.2 Å². The van der Waals surface area contributed by atoms with Gasteiger partial charge >= 0.3 is 0 Å². The van der Waals surface area contributed by atoms with Crippen LogP contribution in [0.5, 0.6) is 5.75 Å². The first-order valence-electron chi connectivity index (χ1n) is 14.2. The van der Waals surface area contributed by atoms with E-state index in [0.717, 1.165) is 37.8 Å². The zero-order valence-electron chi connectivity index (χ0n) is 23.7. The van der Waals surface area contributed by atoms with Crippen molar-refractivity contribution >= 4 is 11.4 Å². The van der Waals surface area contributed by atoms with Gasteiger partial charge in [0.2, 0.25) is 0 Å². The minimum absolute atomic E-state index is 0.0223. The maximum absolute atomic E-state index is 15.2. The van der Waals surface area contributed by atoms with E-state index < -0.39 is 11.6 Å². The van der Waals surface area contributed by atoms with E-state index in [1.165, 1.54) is 12.1 Å². The van der Waals surface area contributed by atoms with Gasteiger partial charge in [-0.05, 0) is 68.9 Å². The highest BCUT2D eigenvalue weighted by molar-refractivity contribution is 5.72. The van der Waals surface area contributed by atoms with Crippen LogP contribution in [0.4, 0.5) is 24.5 Å². The Morgan fingerprint density at radius 3 is 2.48 bits per heavy atom. The monoisotopic (exact) mass is 574 g/mol. The molecule has 10 heteroatoms. The number of aromatic nitrogens is 3. The Labute approximate surface area is 243 Å². The fourth-order valence-electron chi connectivity index (χ4n) is 5.74. The van der Waals surface area contributed by atoms with Crippen LogP contribution < -0.4 is 14.5 Å². The quantitative estimate of drug-likeness (QED) is 0.290. The number of ether oxygens (including phenoxy) is 1. The van der Waals surface area contributed by atoms with Crippen LogP contribution in [0.1, 0.15) is 29.9 Å². The third-order valence-corrected chi connectivity index (χ3v) is 8.03. The zero-order valence-corrected chi connectivity index (χ0v) is 23.7. The van der Waals surface area contributed by atoms with Crippen molar-refractivity contribution in [3.8, 4) is 17.0 Å². The Morgan fingerprint density at radius 2 is 1.74 bits per heavy atom. The number of hydrogen-bond donors (Lipinski definition) is 0. The summed E-state index contributed by atoms with van der Waals surface area (Å²) in [5.41, 5.74) is 2.83. The minimum Gasteiger partial charge on any atom is -0.486 e. The van der Waals surface area contributed by atoms with Crippen molar-refractivity contribution in [1.82, 2.24) is 19.9 Å². The number of rotatable bonds is 7. The Hall–Kier alpha value is -4.18. The van der Waals surface area contributed by atoms with E-state index in [9.17, 15) is 0 Å². The van der Waals surface area contributed by atoms with Crippen LogP contribution in [0, 0.1) is 17.5 Å². The third-order valence-electron chi connectivity index (χ3n) is 8.03. The van der Waals surface area contributed by atoms with Gasteiger partial charge in [0.15, 0.2) is 17.4 Å². The summed E-state index contributed by atoms with van der Waals surface area (Å²) < 4.78 is 51.1. The van der Waals surface area contributed by atoms with Gasteiger partial charge in [0.25, 0.3) is 0 Å². The number of anilines is 2. The van der Waals surface area contributed by atoms with Crippen LogP contribution in [-0.2, 0) is 13.0 Å². The number of benzene rings is 2. The Bertz CT molecular complexity index is 1560. The standard InChI is InChI=1S/C32H33F3N6O/c1-39(2)24-8-11-40(12-9-24)28-7-6-21(15-25(28)33)16-30-37-19-27(35)31(38-30)22-17-26(34)32-29(18-22)41(13-14-42-32)20-23-5-3-4-10-36-23/h3-7,10,15,17-19,24H,8-9,11-14,16,20H2,1-2H3. The highest BCUT2D eigenvalue weighted by Gasteiger charge is 2.25. The largest absolute Gasteiger partial charge is 0.486 e. The summed E-state index contributed by atoms with van der Waals surface area (Å²) in [5.74, 6) is -1.14. The lowest BCUT2D eigenvalue weighted by Crippen LogP contribution is -2.42. The normalized spacial score (nSPS) is 15.6. The van der Waals surface area contributed by atoms with Crippen LogP contribution in [0.2, 0.25) is 0 Å². The summed E-state index contributed by atoms with van der Waals surface area (Å²) in [4.78, 5) is 19.2. The number of fused-ring (bicyclic) bond motifs is 1. The molecule has 2 aliphatic heterocycles. The maximum atomic E-state index is 15.2. The highest BCUT2D eigenvalue weighted by atomic mass is 19.1. The van der Waals surface area contributed by atoms with Crippen molar-refractivity contribution in [2.45, 2.75) is 31.8 Å². The third kappa shape index (κ3) is 5.90. The van der Waals surface area contributed by atoms with E-state index in [0.29, 0.717) is 48.5 Å². The van der Waals surface area contributed by atoms with Gasteiger partial charge in [-0.2, -0.15) is 0 Å². The molecule has 4 heterocycles. The Balaban J connectivity index is 1.23. The van der Waals surface area contributed by atoms with E-state index in [1.807, 2.05) is 29.2 Å². The molecule has 0 aliphatic carbocycles. The first-order valence-corrected chi connectivity index (χ1v) is 14.2. The molecule has 0 amide bonds. The van der Waals surface area contributed by atoms with Crippen molar-refractivity contribution in [3.63, 3.8) is 0 Å². The number of hydrogen-bond acceptors (Lipinski definition) is 7. The molecule has 0 atom stereocenters. The second-order valence-electron chi connectivity index (χ2n) is 11.0. The molecule has 0 spiro atoms. The van der Waals surface area contributed by atoms with Gasteiger partial charge in [-0.15, -0.1) is 0 Å². The lowest BCUT2D eigenvalue weighted by Gasteiger charge is -2.36. The van der Waals surface area contributed by atoms with Crippen LogP contribution in [0.15, 0.2) is 60.9 Å². The van der Waals surface area contributed by atoms with Crippen molar-refractivity contribution in [2.75, 3.05) is 50.1 Å². The fourth-order valence-corrected chi connectivity index (χ4v) is 5.74. The second kappa shape index (κ2) is 12.0. The van der Waals surface area contributed by atoms with Crippen molar-refractivity contribution in [1.29, 1.82) is 0 Å². The van der Waals surface area contributed by atoms with E-state index >= 15 is 13.2 Å². The van der Waals surface area contributed by atoms with Crippen LogP contribution >= 0.6 is 0 Å². The van der Waals surface area contributed by atoms with E-state index in [1.54, 1.807) is 18.3 Å². The number of piperidine rings is 1. The molecule has 0 saturated carbocycles. The Kier molecular flexibility index (Phi) is 7.97. The maximum Gasteiger partial charge on any atom is 0.178 e. The lowest BCUT2D eigenvalue weighted by molar-refractivity contribution is 0.249. The molecular formula is C32H33F3N6O. The van der Waals surface area contributed by atoms with Crippen LogP contribution in [0.3, 0.4) is 0 Å². The topological polar surface area (TPSA) is 57.6 Å². The molecule has 0 bridgehead atoms. The molecule has 42 heavy (non-hydrogen) atoms. The van der Waals surface area contributed by atoms with Crippen LogP contribution in [-0.4, -0.2) is 66.2 Å². The molecular weight excluding hydrogens is 541 g/mol. The molecule has 0 unspecified atom stereocenters. The summed E-state index contributed by atoms with van der Waals surface area (Å²) in [5, 5.41) is 0. The average molecular weight is 575 g/mol. The van der Waals surface area contributed by atoms with Gasteiger partial charge in [-0.3, -0.25) is 4.98 Å². The SMILES string of the molecule is CN(C)C1CCN(c2ccc(Cc3ncc(F)c(-c4cc(F)c5c(c4)N(Cc4ccccn4)CCO5)n3)cc2F)CC1. The molecule has 2 aliphatic rings. The summed E-state index contributed by atoms with van der Waals surface area (Å²) in [7, 11) is 4.15. The van der Waals surface area contributed by atoms with Gasteiger partial charge in [-0.25, -0.2) is 23.1 Å². The first-order chi connectivity index (χ1) is 20.4. The summed E-state index contributed by atoms with van der Waals surface area (Å²) in [6, 6.07) is 14.2. The molecule has 7 nitrogen and oxygen atoms in total. The zero-order chi connectivity index (χ0) is 29.2. The summed E-state index contributed by atoms with van der Waals surface area (Å²) in [6.45, 7) is 2.90. The molecule has 4 aromatic rings. The number of halogens is 3. The summed E-state index contributed by atoms with van der Waals surface area (Å²) in [6.07, 6.45) is 4.96. The molecule has 2 aromatic heterocycles. The predicted octanol–water partition coefficient (Wildman–Crippen LogP) is 5.48. The second-order valence-corrected chi connectivity index (χ2v) is 11.0. The number of nitrogens with zero attached hydrogens (tertiary/aromatic N) is 6. The van der Waals surface area contributed by atoms with Crippen molar-refractivity contribution in [3.05, 3.63) is 95.5 Å². The minimum atomic E-state index is -0.672. The molecule has 2 aromatic carbocycles. The molecule has 1 saturated heterocycles. The molecule has 218 valence electrons. The first kappa shape index (κ1) is 28.0. The van der Waals surface area contributed by atoms with E-state index in [4.69, 9.17) is 4.74 Å².